The molecule has 2 heterocycles. The summed E-state index contributed by atoms with van der Waals surface area (Å²) in [4.78, 5) is 2.60. The Hall–Kier alpha value is -0.120. The summed E-state index contributed by atoms with van der Waals surface area (Å²) in [7, 11) is 0. The Balaban J connectivity index is 1.48. The second-order valence-corrected chi connectivity index (χ2v) is 6.10. The highest BCUT2D eigenvalue weighted by Gasteiger charge is 2.43. The van der Waals surface area contributed by atoms with Gasteiger partial charge in [-0.05, 0) is 56.5 Å². The Kier molecular flexibility index (Phi) is 2.94. The zero-order valence-corrected chi connectivity index (χ0v) is 10.1. The number of nitrogens with one attached hydrogen (secondary N) is 1. The highest BCUT2D eigenvalue weighted by molar-refractivity contribution is 4.97. The van der Waals surface area contributed by atoms with E-state index in [2.05, 4.69) is 10.2 Å². The van der Waals surface area contributed by atoms with Crippen LogP contribution in [0, 0.1) is 11.3 Å². The third kappa shape index (κ3) is 2.13. The van der Waals surface area contributed by atoms with Crippen molar-refractivity contribution < 1.29 is 5.11 Å². The molecule has 1 aliphatic carbocycles. The van der Waals surface area contributed by atoms with Gasteiger partial charge in [0.25, 0.3) is 0 Å². The Morgan fingerprint density at radius 1 is 1.25 bits per heavy atom. The third-order valence-electron chi connectivity index (χ3n) is 4.97. The number of piperidine rings is 1. The minimum absolute atomic E-state index is 0.365. The number of fused-ring (bicyclic) bond motifs is 2. The molecule has 3 fully saturated rings. The third-order valence-corrected chi connectivity index (χ3v) is 4.97. The lowest BCUT2D eigenvalue weighted by molar-refractivity contribution is 0.201. The summed E-state index contributed by atoms with van der Waals surface area (Å²) in [5.74, 6) is 0.902. The summed E-state index contributed by atoms with van der Waals surface area (Å²) >= 11 is 0. The van der Waals surface area contributed by atoms with Crippen LogP contribution in [-0.4, -0.2) is 48.8 Å². The van der Waals surface area contributed by atoms with Crippen molar-refractivity contribution in [3.8, 4) is 0 Å². The van der Waals surface area contributed by atoms with Crippen molar-refractivity contribution in [1.29, 1.82) is 0 Å². The van der Waals surface area contributed by atoms with Gasteiger partial charge in [-0.3, -0.25) is 0 Å². The lowest BCUT2D eigenvalue weighted by Crippen LogP contribution is -2.45. The molecule has 3 rings (SSSR count). The maximum atomic E-state index is 9.05. The fourth-order valence-corrected chi connectivity index (χ4v) is 3.50. The van der Waals surface area contributed by atoms with E-state index >= 15 is 0 Å². The Morgan fingerprint density at radius 2 is 2.06 bits per heavy atom. The van der Waals surface area contributed by atoms with Crippen molar-refractivity contribution in [2.45, 2.75) is 38.1 Å². The van der Waals surface area contributed by atoms with Crippen LogP contribution in [0.5, 0.6) is 0 Å². The standard InChI is InChI=1S/C13H24N2O/c16-8-5-13(3-4-13)10-14-12-2-7-15-6-1-11(12)9-15/h11-12,14,16H,1-10H2. The van der Waals surface area contributed by atoms with E-state index in [1.165, 1.54) is 45.3 Å². The van der Waals surface area contributed by atoms with Gasteiger partial charge in [-0.25, -0.2) is 0 Å². The van der Waals surface area contributed by atoms with Crippen LogP contribution in [0.25, 0.3) is 0 Å². The Morgan fingerprint density at radius 3 is 2.81 bits per heavy atom. The average Bonchev–Trinajstić information content (AvgIpc) is 2.95. The first kappa shape index (κ1) is 11.0. The van der Waals surface area contributed by atoms with Crippen molar-refractivity contribution in [2.24, 2.45) is 11.3 Å². The van der Waals surface area contributed by atoms with Crippen molar-refractivity contribution in [3.05, 3.63) is 0 Å². The molecule has 3 heteroatoms. The Labute approximate surface area is 98.2 Å². The largest absolute Gasteiger partial charge is 0.396 e. The van der Waals surface area contributed by atoms with Gasteiger partial charge in [0.1, 0.15) is 0 Å². The highest BCUT2D eigenvalue weighted by atomic mass is 16.3. The van der Waals surface area contributed by atoms with Crippen LogP contribution >= 0.6 is 0 Å². The molecule has 0 radical (unpaired) electrons. The molecule has 16 heavy (non-hydrogen) atoms. The number of aliphatic hydroxyl groups excluding tert-OH is 1. The molecule has 0 aromatic carbocycles. The molecule has 0 aromatic heterocycles. The molecule has 3 atom stereocenters. The minimum Gasteiger partial charge on any atom is -0.396 e. The molecule has 3 unspecified atom stereocenters. The van der Waals surface area contributed by atoms with Crippen LogP contribution in [0.3, 0.4) is 0 Å². The van der Waals surface area contributed by atoms with Crippen LogP contribution in [0.2, 0.25) is 0 Å². The maximum Gasteiger partial charge on any atom is 0.0436 e. The smallest absolute Gasteiger partial charge is 0.0436 e. The van der Waals surface area contributed by atoms with Gasteiger partial charge in [-0.2, -0.15) is 0 Å². The van der Waals surface area contributed by atoms with Gasteiger partial charge in [-0.1, -0.05) is 0 Å². The lowest BCUT2D eigenvalue weighted by atomic mass is 9.93. The molecule has 1 saturated carbocycles. The van der Waals surface area contributed by atoms with Gasteiger partial charge < -0.3 is 15.3 Å². The minimum atomic E-state index is 0.365. The van der Waals surface area contributed by atoms with Crippen LogP contribution in [-0.2, 0) is 0 Å². The number of hydrogen-bond acceptors (Lipinski definition) is 3. The molecule has 2 N–H and O–H groups in total. The second-order valence-electron chi connectivity index (χ2n) is 6.10. The van der Waals surface area contributed by atoms with Crippen molar-refractivity contribution in [1.82, 2.24) is 10.2 Å². The first-order chi connectivity index (χ1) is 7.81. The number of aliphatic hydroxyl groups is 1. The summed E-state index contributed by atoms with van der Waals surface area (Å²) in [6, 6.07) is 0.759. The predicted octanol–water partition coefficient (Wildman–Crippen LogP) is 0.833. The van der Waals surface area contributed by atoms with Crippen LogP contribution in [0.15, 0.2) is 0 Å². The molecule has 2 saturated heterocycles. The van der Waals surface area contributed by atoms with Gasteiger partial charge in [0.05, 0.1) is 0 Å². The van der Waals surface area contributed by atoms with E-state index < -0.39 is 0 Å². The number of rotatable bonds is 5. The van der Waals surface area contributed by atoms with E-state index in [4.69, 9.17) is 5.11 Å². The van der Waals surface area contributed by atoms with E-state index in [9.17, 15) is 0 Å². The monoisotopic (exact) mass is 224 g/mol. The van der Waals surface area contributed by atoms with Crippen LogP contribution in [0.4, 0.5) is 0 Å². The van der Waals surface area contributed by atoms with E-state index in [0.29, 0.717) is 12.0 Å². The summed E-state index contributed by atoms with van der Waals surface area (Å²) < 4.78 is 0. The van der Waals surface area contributed by atoms with Crippen LogP contribution in [0.1, 0.15) is 32.1 Å². The van der Waals surface area contributed by atoms with E-state index in [0.717, 1.165) is 24.9 Å². The first-order valence-electron chi connectivity index (χ1n) is 6.88. The molecule has 0 aromatic rings. The normalized spacial score (nSPS) is 39.9. The second kappa shape index (κ2) is 4.28. The van der Waals surface area contributed by atoms with Gasteiger partial charge in [0.15, 0.2) is 0 Å². The average molecular weight is 224 g/mol. The number of nitrogens with zero attached hydrogens (tertiary/aromatic N) is 1. The molecule has 3 aliphatic rings. The maximum absolute atomic E-state index is 9.05. The van der Waals surface area contributed by atoms with Gasteiger partial charge in [0, 0.05) is 25.7 Å². The molecule has 92 valence electrons. The fraction of sp³-hybridized carbons (Fsp3) is 1.00. The summed E-state index contributed by atoms with van der Waals surface area (Å²) in [5.41, 5.74) is 0.477. The van der Waals surface area contributed by atoms with E-state index in [-0.39, 0.29) is 0 Å². The Bertz CT molecular complexity index is 252. The van der Waals surface area contributed by atoms with Gasteiger partial charge >= 0.3 is 0 Å². The fourth-order valence-electron chi connectivity index (χ4n) is 3.50. The number of hydrogen-bond donors (Lipinski definition) is 2. The van der Waals surface area contributed by atoms with Crippen molar-refractivity contribution in [3.63, 3.8) is 0 Å². The predicted molar refractivity (Wildman–Crippen MR) is 64.3 cm³/mol. The summed E-state index contributed by atoms with van der Waals surface area (Å²) in [6.07, 6.45) is 6.38. The zero-order chi connectivity index (χ0) is 11.0. The highest BCUT2D eigenvalue weighted by Crippen LogP contribution is 2.48. The van der Waals surface area contributed by atoms with Gasteiger partial charge in [0.2, 0.25) is 0 Å². The molecule has 3 nitrogen and oxygen atoms in total. The van der Waals surface area contributed by atoms with Crippen molar-refractivity contribution in [2.75, 3.05) is 32.8 Å². The molecule has 0 amide bonds. The lowest BCUT2D eigenvalue weighted by Gasteiger charge is -2.32. The molecular weight excluding hydrogens is 200 g/mol. The van der Waals surface area contributed by atoms with E-state index in [1.807, 2.05) is 0 Å². The topological polar surface area (TPSA) is 35.5 Å². The quantitative estimate of drug-likeness (QED) is 0.726. The van der Waals surface area contributed by atoms with E-state index in [1.54, 1.807) is 0 Å². The molecule has 0 spiro atoms. The van der Waals surface area contributed by atoms with Crippen LogP contribution < -0.4 is 5.32 Å². The zero-order valence-electron chi connectivity index (χ0n) is 10.1. The first-order valence-corrected chi connectivity index (χ1v) is 6.88. The molecule has 2 bridgehead atoms. The molecule has 2 aliphatic heterocycles. The molecular formula is C13H24N2O. The van der Waals surface area contributed by atoms with Gasteiger partial charge in [-0.15, -0.1) is 0 Å². The summed E-state index contributed by atoms with van der Waals surface area (Å²) in [5, 5.41) is 12.8. The summed E-state index contributed by atoms with van der Waals surface area (Å²) in [6.45, 7) is 5.45. The SMILES string of the molecule is OCCC1(CNC2CCN3CCC2C3)CC1. The van der Waals surface area contributed by atoms with Crippen molar-refractivity contribution >= 4 is 0 Å².